The summed E-state index contributed by atoms with van der Waals surface area (Å²) in [6, 6.07) is 7.46. The fraction of sp³-hybridized carbons (Fsp3) is 0.250. The maximum absolute atomic E-state index is 14.0. The first kappa shape index (κ1) is 16.1. The summed E-state index contributed by atoms with van der Waals surface area (Å²) in [6.07, 6.45) is 0. The van der Waals surface area contributed by atoms with Gasteiger partial charge in [0.15, 0.2) is 0 Å². The Morgan fingerprint density at radius 2 is 1.86 bits per heavy atom. The molecule has 0 aliphatic carbocycles. The minimum Gasteiger partial charge on any atom is -0.492 e. The second-order valence-electron chi connectivity index (χ2n) is 4.74. The highest BCUT2D eigenvalue weighted by Crippen LogP contribution is 2.36. The highest BCUT2D eigenvalue weighted by atomic mass is 35.5. The van der Waals surface area contributed by atoms with Crippen molar-refractivity contribution < 1.29 is 9.13 Å². The molecule has 1 atom stereocenters. The van der Waals surface area contributed by atoms with Crippen LogP contribution in [0.2, 0.25) is 10.0 Å². The first-order valence-corrected chi connectivity index (χ1v) is 7.33. The van der Waals surface area contributed by atoms with Crippen LogP contribution in [0, 0.1) is 12.7 Å². The molecule has 0 aliphatic rings. The predicted octanol–water partition coefficient (Wildman–Crippen LogP) is 4.89. The lowest BCUT2D eigenvalue weighted by atomic mass is 9.98. The van der Waals surface area contributed by atoms with Gasteiger partial charge in [0.05, 0.1) is 17.7 Å². The summed E-state index contributed by atoms with van der Waals surface area (Å²) >= 11 is 12.4. The van der Waals surface area contributed by atoms with Crippen molar-refractivity contribution >= 4 is 23.2 Å². The Morgan fingerprint density at radius 3 is 2.48 bits per heavy atom. The summed E-state index contributed by atoms with van der Waals surface area (Å²) in [7, 11) is 0. The minimum absolute atomic E-state index is 0.358. The molecule has 0 saturated carbocycles. The van der Waals surface area contributed by atoms with Gasteiger partial charge in [0.25, 0.3) is 0 Å². The van der Waals surface area contributed by atoms with Crippen LogP contribution in [0.15, 0.2) is 30.3 Å². The van der Waals surface area contributed by atoms with Gasteiger partial charge in [-0.2, -0.15) is 0 Å². The number of halogens is 3. The van der Waals surface area contributed by atoms with Gasteiger partial charge in [-0.1, -0.05) is 35.3 Å². The topological polar surface area (TPSA) is 35.2 Å². The fourth-order valence-electron chi connectivity index (χ4n) is 2.10. The van der Waals surface area contributed by atoms with Gasteiger partial charge in [-0.25, -0.2) is 4.39 Å². The fourth-order valence-corrected chi connectivity index (χ4v) is 2.60. The highest BCUT2D eigenvalue weighted by molar-refractivity contribution is 6.34. The van der Waals surface area contributed by atoms with Crippen LogP contribution in [-0.4, -0.2) is 6.61 Å². The summed E-state index contributed by atoms with van der Waals surface area (Å²) in [4.78, 5) is 0. The lowest BCUT2D eigenvalue weighted by Crippen LogP contribution is -2.14. The van der Waals surface area contributed by atoms with Crippen LogP contribution in [0.3, 0.4) is 0 Å². The molecular weight excluding hydrogens is 312 g/mol. The van der Waals surface area contributed by atoms with E-state index >= 15 is 0 Å². The van der Waals surface area contributed by atoms with E-state index in [1.54, 1.807) is 18.2 Å². The van der Waals surface area contributed by atoms with Crippen LogP contribution in [0.1, 0.15) is 29.7 Å². The third kappa shape index (κ3) is 3.49. The van der Waals surface area contributed by atoms with Gasteiger partial charge in [-0.15, -0.1) is 0 Å². The second-order valence-corrected chi connectivity index (χ2v) is 5.55. The Bertz CT molecular complexity index is 661. The van der Waals surface area contributed by atoms with E-state index in [1.165, 1.54) is 6.07 Å². The number of nitrogens with two attached hydrogens (primary N) is 1. The molecule has 2 aromatic carbocycles. The maximum Gasteiger partial charge on any atom is 0.139 e. The predicted molar refractivity (Wildman–Crippen MR) is 84.8 cm³/mol. The first-order chi connectivity index (χ1) is 9.93. The lowest BCUT2D eigenvalue weighted by molar-refractivity contribution is 0.340. The molecule has 5 heteroatoms. The number of hydrogen-bond acceptors (Lipinski definition) is 2. The third-order valence-corrected chi connectivity index (χ3v) is 3.80. The van der Waals surface area contributed by atoms with E-state index in [0.717, 1.165) is 5.56 Å². The molecule has 2 N–H and O–H groups in total. The molecule has 1 unspecified atom stereocenters. The van der Waals surface area contributed by atoms with Crippen molar-refractivity contribution in [1.82, 2.24) is 0 Å². The van der Waals surface area contributed by atoms with Crippen LogP contribution in [0.5, 0.6) is 5.75 Å². The van der Waals surface area contributed by atoms with Gasteiger partial charge in [0.2, 0.25) is 0 Å². The van der Waals surface area contributed by atoms with Crippen molar-refractivity contribution in [3.8, 4) is 5.75 Å². The molecule has 2 rings (SSSR count). The van der Waals surface area contributed by atoms with E-state index in [2.05, 4.69) is 0 Å². The largest absolute Gasteiger partial charge is 0.492 e. The summed E-state index contributed by atoms with van der Waals surface area (Å²) in [6.45, 7) is 4.15. The van der Waals surface area contributed by atoms with Crippen molar-refractivity contribution in [2.75, 3.05) is 6.61 Å². The number of hydrogen-bond donors (Lipinski definition) is 1. The molecule has 0 fully saturated rings. The molecule has 0 aliphatic heterocycles. The number of ether oxygens (including phenoxy) is 1. The van der Waals surface area contributed by atoms with Crippen LogP contribution >= 0.6 is 23.2 Å². The monoisotopic (exact) mass is 327 g/mol. The van der Waals surface area contributed by atoms with Gasteiger partial charge in [-0.3, -0.25) is 0 Å². The van der Waals surface area contributed by atoms with Gasteiger partial charge >= 0.3 is 0 Å². The molecular formula is C16H16Cl2FNO. The van der Waals surface area contributed by atoms with Crippen molar-refractivity contribution in [3.63, 3.8) is 0 Å². The Balaban J connectivity index is 2.43. The molecule has 2 aromatic rings. The SMILES string of the molecule is CCOc1cc(Cl)c(C(N)c2ccc(C)cc2F)cc1Cl. The van der Waals surface area contributed by atoms with Crippen molar-refractivity contribution in [2.24, 2.45) is 5.73 Å². The Hall–Kier alpha value is -1.29. The van der Waals surface area contributed by atoms with E-state index in [0.29, 0.717) is 33.5 Å². The molecule has 0 saturated heterocycles. The Kier molecular flexibility index (Phi) is 5.09. The third-order valence-electron chi connectivity index (χ3n) is 3.18. The molecule has 0 spiro atoms. The molecule has 0 radical (unpaired) electrons. The van der Waals surface area contributed by atoms with Crippen LogP contribution < -0.4 is 10.5 Å². The average Bonchev–Trinajstić information content (AvgIpc) is 2.42. The smallest absolute Gasteiger partial charge is 0.139 e. The van der Waals surface area contributed by atoms with Crippen molar-refractivity contribution in [2.45, 2.75) is 19.9 Å². The van der Waals surface area contributed by atoms with Gasteiger partial charge in [-0.05, 0) is 37.1 Å². The molecule has 2 nitrogen and oxygen atoms in total. The number of aryl methyl sites for hydroxylation is 1. The van der Waals surface area contributed by atoms with E-state index in [-0.39, 0.29) is 5.82 Å². The second kappa shape index (κ2) is 6.65. The van der Waals surface area contributed by atoms with E-state index in [9.17, 15) is 4.39 Å². The molecule has 21 heavy (non-hydrogen) atoms. The van der Waals surface area contributed by atoms with Crippen molar-refractivity contribution in [3.05, 3.63) is 62.9 Å². The standard InChI is InChI=1S/C16H16Cl2FNO/c1-3-21-15-8-12(17)11(7-13(15)18)16(20)10-5-4-9(2)6-14(10)19/h4-8,16H,3,20H2,1-2H3. The quantitative estimate of drug-likeness (QED) is 0.867. The molecule has 0 aromatic heterocycles. The zero-order chi connectivity index (χ0) is 15.6. The lowest BCUT2D eigenvalue weighted by Gasteiger charge is -2.17. The molecule has 0 bridgehead atoms. The Labute approximate surface area is 133 Å². The van der Waals surface area contributed by atoms with Gasteiger partial charge in [0.1, 0.15) is 11.6 Å². The molecule has 112 valence electrons. The summed E-state index contributed by atoms with van der Waals surface area (Å²) in [5, 5.41) is 0.801. The van der Waals surface area contributed by atoms with E-state index < -0.39 is 6.04 Å². The zero-order valence-corrected chi connectivity index (χ0v) is 13.3. The summed E-state index contributed by atoms with van der Waals surface area (Å²) < 4.78 is 19.4. The number of rotatable bonds is 4. The molecule has 0 amide bonds. The van der Waals surface area contributed by atoms with Crippen LogP contribution in [0.25, 0.3) is 0 Å². The maximum atomic E-state index is 14.0. The van der Waals surface area contributed by atoms with Gasteiger partial charge < -0.3 is 10.5 Å². The first-order valence-electron chi connectivity index (χ1n) is 6.57. The summed E-state index contributed by atoms with van der Waals surface area (Å²) in [5.74, 6) is 0.132. The Morgan fingerprint density at radius 1 is 1.14 bits per heavy atom. The van der Waals surface area contributed by atoms with E-state index in [4.69, 9.17) is 33.7 Å². The summed E-state index contributed by atoms with van der Waals surface area (Å²) in [5.41, 5.74) is 7.91. The van der Waals surface area contributed by atoms with E-state index in [1.807, 2.05) is 19.9 Å². The number of benzene rings is 2. The zero-order valence-electron chi connectivity index (χ0n) is 11.8. The van der Waals surface area contributed by atoms with Crippen LogP contribution in [-0.2, 0) is 0 Å². The minimum atomic E-state index is -0.689. The normalized spacial score (nSPS) is 12.3. The average molecular weight is 328 g/mol. The molecule has 0 heterocycles. The van der Waals surface area contributed by atoms with Crippen LogP contribution in [0.4, 0.5) is 4.39 Å². The van der Waals surface area contributed by atoms with Crippen molar-refractivity contribution in [1.29, 1.82) is 0 Å². The highest BCUT2D eigenvalue weighted by Gasteiger charge is 2.18. The van der Waals surface area contributed by atoms with Gasteiger partial charge in [0, 0.05) is 16.7 Å².